The lowest BCUT2D eigenvalue weighted by molar-refractivity contribution is -0.137. The van der Waals surface area contributed by atoms with Crippen molar-refractivity contribution in [3.05, 3.63) is 62.8 Å². The molecule has 0 saturated carbocycles. The van der Waals surface area contributed by atoms with Crippen LogP contribution in [0.25, 0.3) is 12.2 Å². The molecule has 4 rings (SSSR count). The Morgan fingerprint density at radius 3 is 2.62 bits per heavy atom. The summed E-state index contributed by atoms with van der Waals surface area (Å²) in [5.41, 5.74) is -0.128. The zero-order valence-corrected chi connectivity index (χ0v) is 17.8. The van der Waals surface area contributed by atoms with Crippen molar-refractivity contribution < 1.29 is 35.9 Å². The van der Waals surface area contributed by atoms with Crippen molar-refractivity contribution >= 4 is 28.0 Å². The molecule has 0 radical (unpaired) electrons. The molecular formula is C22H19F4NO4S. The van der Waals surface area contributed by atoms with Crippen LogP contribution in [0.5, 0.6) is 0 Å². The Bertz CT molecular complexity index is 1400. The van der Waals surface area contributed by atoms with Gasteiger partial charge in [0.2, 0.25) is 0 Å². The number of sulfone groups is 1. The van der Waals surface area contributed by atoms with E-state index >= 15 is 0 Å². The Morgan fingerprint density at radius 1 is 1.22 bits per heavy atom. The topological polar surface area (TPSA) is 76.4 Å². The second-order valence-corrected chi connectivity index (χ2v) is 9.98. The Labute approximate surface area is 180 Å². The second-order valence-electron chi connectivity index (χ2n) is 7.91. The van der Waals surface area contributed by atoms with Gasteiger partial charge < -0.3 is 9.67 Å². The molecule has 1 aliphatic carbocycles. The van der Waals surface area contributed by atoms with Crippen LogP contribution >= 0.6 is 0 Å². The lowest BCUT2D eigenvalue weighted by atomic mass is 9.97. The van der Waals surface area contributed by atoms with Crippen molar-refractivity contribution in [2.75, 3.05) is 5.75 Å². The number of allylic oxidation sites excluding steroid dienone is 2. The Balaban J connectivity index is 1.92. The highest BCUT2D eigenvalue weighted by Crippen LogP contribution is 2.42. The lowest BCUT2D eigenvalue weighted by Gasteiger charge is -2.26. The van der Waals surface area contributed by atoms with Gasteiger partial charge in [0.15, 0.2) is 9.84 Å². The molecule has 0 fully saturated rings. The first-order valence-corrected chi connectivity index (χ1v) is 11.5. The number of aromatic nitrogens is 1. The molecule has 0 saturated heterocycles. The maximum Gasteiger partial charge on any atom is 0.323 e. The molecule has 0 spiro atoms. The van der Waals surface area contributed by atoms with Crippen LogP contribution in [-0.4, -0.2) is 29.8 Å². The third-order valence-electron chi connectivity index (χ3n) is 5.86. The molecule has 2 aromatic rings. The summed E-state index contributed by atoms with van der Waals surface area (Å²) in [6.07, 6.45) is 3.23. The minimum Gasteiger partial charge on any atom is -0.480 e. The van der Waals surface area contributed by atoms with Crippen molar-refractivity contribution in [2.24, 2.45) is 0 Å². The molecule has 10 heteroatoms. The minimum atomic E-state index is -4.03. The molecule has 2 aliphatic rings. The number of carboxylic acid groups (broad SMARTS) is 1. The van der Waals surface area contributed by atoms with Crippen molar-refractivity contribution in [3.8, 4) is 0 Å². The van der Waals surface area contributed by atoms with Gasteiger partial charge in [0.1, 0.15) is 18.2 Å². The van der Waals surface area contributed by atoms with Crippen LogP contribution in [0.2, 0.25) is 0 Å². The SMILES string of the molecule is Cc1c(Cc2cc3c(cc2F)S(=O)(=O)CCC3(F)F)c2c(n1CC(=O)O)=CCC=C(F)C=2. The first kappa shape index (κ1) is 22.3. The third kappa shape index (κ3) is 3.76. The zero-order chi connectivity index (χ0) is 23.4. The van der Waals surface area contributed by atoms with E-state index in [1.807, 2.05) is 0 Å². The van der Waals surface area contributed by atoms with Crippen LogP contribution in [0, 0.1) is 12.7 Å². The number of hydrogen-bond acceptors (Lipinski definition) is 3. The normalized spacial score (nSPS) is 18.5. The number of carboxylic acids is 1. The van der Waals surface area contributed by atoms with Gasteiger partial charge in [0.25, 0.3) is 5.92 Å². The molecule has 1 aromatic heterocycles. The highest BCUT2D eigenvalue weighted by Gasteiger charge is 2.43. The molecule has 32 heavy (non-hydrogen) atoms. The van der Waals surface area contributed by atoms with E-state index in [0.717, 1.165) is 6.07 Å². The van der Waals surface area contributed by atoms with E-state index in [2.05, 4.69) is 0 Å². The lowest BCUT2D eigenvalue weighted by Crippen LogP contribution is -2.32. The summed E-state index contributed by atoms with van der Waals surface area (Å²) in [5, 5.41) is 10.0. The Hall–Kier alpha value is -2.88. The standard InChI is InChI=1S/C22H19F4NO4S/c1-12-15(16-9-14(23)3-2-4-19(16)27(12)11-21(28)29)7-13-8-17-20(10-18(13)24)32(30,31)6-5-22(17,25)26/h3-4,8-10H,2,5-7,11H2,1H3,(H,28,29). The van der Waals surface area contributed by atoms with Gasteiger partial charge in [-0.05, 0) is 48.8 Å². The summed E-state index contributed by atoms with van der Waals surface area (Å²) in [4.78, 5) is 10.6. The fourth-order valence-electron chi connectivity index (χ4n) is 4.24. The van der Waals surface area contributed by atoms with E-state index in [4.69, 9.17) is 0 Å². The van der Waals surface area contributed by atoms with E-state index in [-0.39, 0.29) is 18.4 Å². The molecule has 0 atom stereocenters. The maximum absolute atomic E-state index is 14.9. The summed E-state index contributed by atoms with van der Waals surface area (Å²) in [5.74, 6) is -6.87. The van der Waals surface area contributed by atoms with Crippen LogP contribution in [0.3, 0.4) is 0 Å². The number of aliphatic carboxylic acids is 1. The van der Waals surface area contributed by atoms with Gasteiger partial charge in [-0.15, -0.1) is 0 Å². The number of alkyl halides is 2. The minimum absolute atomic E-state index is 0.180. The van der Waals surface area contributed by atoms with Crippen LogP contribution in [-0.2, 0) is 33.5 Å². The van der Waals surface area contributed by atoms with E-state index in [1.54, 1.807) is 13.0 Å². The van der Waals surface area contributed by atoms with Gasteiger partial charge in [-0.1, -0.05) is 6.08 Å². The van der Waals surface area contributed by atoms with Gasteiger partial charge in [-0.25, -0.2) is 26.0 Å². The molecule has 5 nitrogen and oxygen atoms in total. The summed E-state index contributed by atoms with van der Waals surface area (Å²) < 4.78 is 83.8. The van der Waals surface area contributed by atoms with Gasteiger partial charge >= 0.3 is 5.97 Å². The fourth-order valence-corrected chi connectivity index (χ4v) is 5.81. The molecule has 0 unspecified atom stereocenters. The number of benzene rings is 1. The van der Waals surface area contributed by atoms with Crippen LogP contribution in [0.15, 0.2) is 28.9 Å². The molecule has 2 heterocycles. The maximum atomic E-state index is 14.9. The van der Waals surface area contributed by atoms with Crippen molar-refractivity contribution in [2.45, 2.75) is 43.5 Å². The van der Waals surface area contributed by atoms with Crippen molar-refractivity contribution in [1.82, 2.24) is 4.57 Å². The molecular weight excluding hydrogens is 450 g/mol. The van der Waals surface area contributed by atoms with Crippen LogP contribution in [0.1, 0.15) is 35.2 Å². The number of fused-ring (bicyclic) bond motifs is 2. The monoisotopic (exact) mass is 469 g/mol. The van der Waals surface area contributed by atoms with Crippen LogP contribution in [0.4, 0.5) is 17.6 Å². The highest BCUT2D eigenvalue weighted by atomic mass is 32.2. The summed E-state index contributed by atoms with van der Waals surface area (Å²) in [6.45, 7) is 1.18. The zero-order valence-electron chi connectivity index (χ0n) is 17.0. The van der Waals surface area contributed by atoms with Crippen molar-refractivity contribution in [3.63, 3.8) is 0 Å². The Kier molecular flexibility index (Phi) is 5.31. The predicted molar refractivity (Wildman–Crippen MR) is 109 cm³/mol. The highest BCUT2D eigenvalue weighted by molar-refractivity contribution is 7.91. The smallest absolute Gasteiger partial charge is 0.323 e. The van der Waals surface area contributed by atoms with E-state index < -0.39 is 62.6 Å². The summed E-state index contributed by atoms with van der Waals surface area (Å²) >= 11 is 0. The molecule has 1 N–H and O–H groups in total. The van der Waals surface area contributed by atoms with E-state index in [0.29, 0.717) is 27.9 Å². The number of nitrogens with zero attached hydrogens (tertiary/aromatic N) is 1. The van der Waals surface area contributed by atoms with E-state index in [1.165, 1.54) is 16.7 Å². The third-order valence-corrected chi connectivity index (χ3v) is 7.61. The average molecular weight is 469 g/mol. The molecule has 0 amide bonds. The van der Waals surface area contributed by atoms with Crippen molar-refractivity contribution in [1.29, 1.82) is 0 Å². The predicted octanol–water partition coefficient (Wildman–Crippen LogP) is 2.70. The van der Waals surface area contributed by atoms with Gasteiger partial charge in [0.05, 0.1) is 10.6 Å². The molecule has 170 valence electrons. The van der Waals surface area contributed by atoms with Gasteiger partial charge in [-0.3, -0.25) is 4.79 Å². The van der Waals surface area contributed by atoms with E-state index in [9.17, 15) is 35.9 Å². The number of halogens is 4. The van der Waals surface area contributed by atoms with Crippen LogP contribution < -0.4 is 10.6 Å². The first-order valence-electron chi connectivity index (χ1n) is 9.81. The number of rotatable bonds is 4. The first-order chi connectivity index (χ1) is 14.9. The average Bonchev–Trinajstić information content (AvgIpc) is 2.82. The quantitative estimate of drug-likeness (QED) is 0.699. The second kappa shape index (κ2) is 7.61. The number of hydrogen-bond donors (Lipinski definition) is 1. The van der Waals surface area contributed by atoms with Gasteiger partial charge in [-0.2, -0.15) is 0 Å². The summed E-state index contributed by atoms with van der Waals surface area (Å²) in [6, 6.07) is 1.47. The molecule has 1 aliphatic heterocycles. The summed E-state index contributed by atoms with van der Waals surface area (Å²) in [7, 11) is -4.03. The molecule has 0 bridgehead atoms. The molecule has 1 aromatic carbocycles. The fraction of sp³-hybridized carbons (Fsp3) is 0.318. The Morgan fingerprint density at radius 2 is 1.94 bits per heavy atom. The largest absolute Gasteiger partial charge is 0.480 e. The van der Waals surface area contributed by atoms with Gasteiger partial charge in [0, 0.05) is 34.7 Å². The number of carbonyl (C=O) groups is 1.